The Labute approximate surface area is 250 Å². The second-order valence-electron chi connectivity index (χ2n) is 11.0. The van der Waals surface area contributed by atoms with Gasteiger partial charge in [-0.25, -0.2) is 22.0 Å². The van der Waals surface area contributed by atoms with Gasteiger partial charge in [0.25, 0.3) is 5.91 Å². The van der Waals surface area contributed by atoms with Gasteiger partial charge in [-0.1, -0.05) is 56.3 Å². The van der Waals surface area contributed by atoms with Gasteiger partial charge in [0.15, 0.2) is 6.10 Å². The van der Waals surface area contributed by atoms with Gasteiger partial charge in [0.1, 0.15) is 11.6 Å². The molecule has 0 unspecified atom stereocenters. The van der Waals surface area contributed by atoms with Crippen molar-refractivity contribution in [2.24, 2.45) is 5.92 Å². The zero-order valence-corrected chi connectivity index (χ0v) is 24.9. The fraction of sp³-hybridized carbons (Fsp3) is 0.355. The summed E-state index contributed by atoms with van der Waals surface area (Å²) in [6.45, 7) is 4.60. The van der Waals surface area contributed by atoms with Gasteiger partial charge >= 0.3 is 6.09 Å². The lowest BCUT2D eigenvalue weighted by atomic mass is 10.0. The van der Waals surface area contributed by atoms with Crippen LogP contribution in [-0.2, 0) is 26.0 Å². The fourth-order valence-electron chi connectivity index (χ4n) is 4.78. The second-order valence-corrected chi connectivity index (χ2v) is 12.9. The van der Waals surface area contributed by atoms with Crippen LogP contribution in [0.2, 0.25) is 0 Å². The number of nitrogens with zero attached hydrogens (tertiary/aromatic N) is 2. The van der Waals surface area contributed by atoms with Crippen LogP contribution >= 0.6 is 0 Å². The van der Waals surface area contributed by atoms with Gasteiger partial charge in [-0.3, -0.25) is 9.69 Å². The van der Waals surface area contributed by atoms with Crippen LogP contribution in [0, 0.1) is 24.5 Å². The summed E-state index contributed by atoms with van der Waals surface area (Å²) in [5.41, 5.74) is 1.28. The maximum atomic E-state index is 14.3. The molecule has 4 rings (SSSR count). The monoisotopic (exact) mass is 615 g/mol. The number of rotatable bonds is 12. The summed E-state index contributed by atoms with van der Waals surface area (Å²) in [6.07, 6.45) is -3.35. The van der Waals surface area contributed by atoms with E-state index in [-0.39, 0.29) is 36.0 Å². The minimum Gasteiger partial charge on any atom is -0.434 e. The molecule has 1 fully saturated rings. The zero-order valence-electron chi connectivity index (χ0n) is 24.1. The number of aryl methyl sites for hydroxylation is 1. The van der Waals surface area contributed by atoms with E-state index in [4.69, 9.17) is 4.74 Å². The van der Waals surface area contributed by atoms with Gasteiger partial charge in [-0.15, -0.1) is 0 Å². The minimum atomic E-state index is -4.22. The molecule has 230 valence electrons. The van der Waals surface area contributed by atoms with Crippen molar-refractivity contribution >= 4 is 27.7 Å². The average Bonchev–Trinajstić information content (AvgIpc) is 3.35. The van der Waals surface area contributed by atoms with Gasteiger partial charge in [0.2, 0.25) is 10.0 Å². The molecule has 0 radical (unpaired) electrons. The van der Waals surface area contributed by atoms with Crippen molar-refractivity contribution in [3.63, 3.8) is 0 Å². The number of aliphatic hydroxyl groups excluding tert-OH is 1. The smallest absolute Gasteiger partial charge is 0.415 e. The van der Waals surface area contributed by atoms with Crippen molar-refractivity contribution in [2.75, 3.05) is 24.5 Å². The molecule has 9 nitrogen and oxygen atoms in total. The number of carbonyl (C=O) groups excluding carboxylic acids is 2. The van der Waals surface area contributed by atoms with E-state index in [1.807, 2.05) is 19.9 Å². The molecule has 3 aromatic carbocycles. The van der Waals surface area contributed by atoms with E-state index in [1.54, 1.807) is 24.3 Å². The molecule has 0 spiro atoms. The molecule has 2 N–H and O–H groups in total. The summed E-state index contributed by atoms with van der Waals surface area (Å²) in [7, 11) is -4.22. The Morgan fingerprint density at radius 2 is 1.79 bits per heavy atom. The number of ether oxygens (including phenoxy) is 1. The van der Waals surface area contributed by atoms with E-state index in [2.05, 4.69) is 5.32 Å². The Balaban J connectivity index is 1.56. The highest BCUT2D eigenvalue weighted by molar-refractivity contribution is 7.89. The normalized spacial score (nSPS) is 16.8. The lowest BCUT2D eigenvalue weighted by molar-refractivity contribution is -0.129. The highest BCUT2D eigenvalue weighted by Gasteiger charge is 2.39. The first-order chi connectivity index (χ1) is 20.3. The Kier molecular flexibility index (Phi) is 10.2. The third-order valence-electron chi connectivity index (χ3n) is 7.06. The molecule has 43 heavy (non-hydrogen) atoms. The molecule has 3 aromatic rings. The molecule has 0 aromatic heterocycles. The lowest BCUT2D eigenvalue weighted by Crippen LogP contribution is -2.53. The van der Waals surface area contributed by atoms with Gasteiger partial charge in [0, 0.05) is 13.1 Å². The minimum absolute atomic E-state index is 0.0315. The van der Waals surface area contributed by atoms with Crippen LogP contribution in [0.15, 0.2) is 77.7 Å². The number of hydrogen-bond donors (Lipinski definition) is 2. The molecule has 1 saturated heterocycles. The van der Waals surface area contributed by atoms with E-state index in [1.165, 1.54) is 37.3 Å². The number of halogens is 2. The van der Waals surface area contributed by atoms with Crippen molar-refractivity contribution in [1.29, 1.82) is 0 Å². The number of amides is 2. The third-order valence-corrected chi connectivity index (χ3v) is 8.88. The summed E-state index contributed by atoms with van der Waals surface area (Å²) in [6, 6.07) is 16.9. The highest BCUT2D eigenvalue weighted by atomic mass is 32.2. The van der Waals surface area contributed by atoms with Crippen molar-refractivity contribution in [3.05, 3.63) is 95.6 Å². The Morgan fingerprint density at radius 3 is 2.44 bits per heavy atom. The number of sulfonamides is 1. The predicted molar refractivity (Wildman–Crippen MR) is 157 cm³/mol. The van der Waals surface area contributed by atoms with Gasteiger partial charge in [0.05, 0.1) is 29.3 Å². The number of cyclic esters (lactones) is 1. The van der Waals surface area contributed by atoms with E-state index in [0.717, 1.165) is 26.9 Å². The van der Waals surface area contributed by atoms with Crippen LogP contribution in [-0.4, -0.2) is 67.7 Å². The lowest BCUT2D eigenvalue weighted by Gasteiger charge is -2.31. The van der Waals surface area contributed by atoms with Gasteiger partial charge in [-0.05, 0) is 60.7 Å². The Hall–Kier alpha value is -3.87. The van der Waals surface area contributed by atoms with Crippen molar-refractivity contribution in [2.45, 2.75) is 50.3 Å². The Morgan fingerprint density at radius 1 is 1.07 bits per heavy atom. The quantitative estimate of drug-likeness (QED) is 0.318. The maximum Gasteiger partial charge on any atom is 0.415 e. The highest BCUT2D eigenvalue weighted by Crippen LogP contribution is 2.24. The van der Waals surface area contributed by atoms with E-state index < -0.39 is 58.5 Å². The molecular formula is C31H35F2N3O6S. The number of anilines is 1. The molecule has 1 aliphatic rings. The summed E-state index contributed by atoms with van der Waals surface area (Å²) < 4.78 is 61.5. The first-order valence-corrected chi connectivity index (χ1v) is 15.3. The number of hydrogen-bond acceptors (Lipinski definition) is 6. The summed E-state index contributed by atoms with van der Waals surface area (Å²) >= 11 is 0. The second kappa shape index (κ2) is 13.6. The van der Waals surface area contributed by atoms with Crippen LogP contribution in [0.1, 0.15) is 25.0 Å². The molecule has 1 heterocycles. The van der Waals surface area contributed by atoms with Crippen molar-refractivity contribution < 1.29 is 36.6 Å². The van der Waals surface area contributed by atoms with Gasteiger partial charge in [-0.2, -0.15) is 4.31 Å². The molecule has 1 aliphatic heterocycles. The molecule has 0 aliphatic carbocycles. The number of benzene rings is 3. The molecule has 2 amide bonds. The van der Waals surface area contributed by atoms with Gasteiger partial charge < -0.3 is 15.2 Å². The van der Waals surface area contributed by atoms with Crippen LogP contribution in [0.5, 0.6) is 0 Å². The van der Waals surface area contributed by atoms with Crippen LogP contribution < -0.4 is 10.2 Å². The average molecular weight is 616 g/mol. The van der Waals surface area contributed by atoms with Crippen LogP contribution in [0.25, 0.3) is 0 Å². The topological polar surface area (TPSA) is 116 Å². The number of carbonyl (C=O) groups is 2. The summed E-state index contributed by atoms with van der Waals surface area (Å²) in [5.74, 6) is -2.06. The summed E-state index contributed by atoms with van der Waals surface area (Å²) in [4.78, 5) is 26.7. The molecule has 0 bridgehead atoms. The SMILES string of the molecule is Cc1ccc(S(=O)(=O)N(CC(C)C)C[C@@H](O)[C@H](Cc2ccccc2)NC(=O)[C@@H]2CN(c3cccc(F)c3)C(=O)O2)cc1F. The first-order valence-electron chi connectivity index (χ1n) is 13.9. The Bertz CT molecular complexity index is 1550. The van der Waals surface area contributed by atoms with E-state index in [0.29, 0.717) is 5.56 Å². The van der Waals surface area contributed by atoms with Crippen LogP contribution in [0.3, 0.4) is 0 Å². The standard InChI is InChI=1S/C31H35F2N3O6S/c1-20(2)17-35(43(40,41)25-13-12-21(3)26(33)16-25)18-28(37)27(14-22-8-5-4-6-9-22)34-30(38)29-19-36(31(39)42-29)24-11-7-10-23(32)15-24/h4-13,15-16,20,27-29,37H,14,17-19H2,1-3H3,(H,34,38)/t27-,28+,29-/m0/s1. The molecule has 0 saturated carbocycles. The largest absolute Gasteiger partial charge is 0.434 e. The maximum absolute atomic E-state index is 14.3. The van der Waals surface area contributed by atoms with Crippen molar-refractivity contribution in [1.82, 2.24) is 9.62 Å². The fourth-order valence-corrected chi connectivity index (χ4v) is 6.41. The van der Waals surface area contributed by atoms with E-state index in [9.17, 15) is 31.9 Å². The number of aliphatic hydroxyl groups is 1. The first kappa shape index (κ1) is 32.1. The summed E-state index contributed by atoms with van der Waals surface area (Å²) in [5, 5.41) is 14.1. The zero-order chi connectivity index (χ0) is 31.3. The molecular weight excluding hydrogens is 580 g/mol. The third kappa shape index (κ3) is 7.95. The number of nitrogens with one attached hydrogen (secondary N) is 1. The molecule has 3 atom stereocenters. The van der Waals surface area contributed by atoms with Crippen molar-refractivity contribution in [3.8, 4) is 0 Å². The van der Waals surface area contributed by atoms with Crippen LogP contribution in [0.4, 0.5) is 19.3 Å². The molecule has 12 heteroatoms. The van der Waals surface area contributed by atoms with E-state index >= 15 is 0 Å². The predicted octanol–water partition coefficient (Wildman–Crippen LogP) is 4.03.